The molecule has 0 amide bonds. The lowest BCUT2D eigenvalue weighted by Crippen LogP contribution is -2.29. The summed E-state index contributed by atoms with van der Waals surface area (Å²) < 4.78 is 0. The summed E-state index contributed by atoms with van der Waals surface area (Å²) in [5, 5.41) is 10.1. The molecule has 1 atom stereocenters. The summed E-state index contributed by atoms with van der Waals surface area (Å²) in [6, 6.07) is 85.0. The molecule has 1 heteroatoms. The molecule has 0 heterocycles. The smallest absolute Gasteiger partial charge is 0.0713 e. The van der Waals surface area contributed by atoms with Gasteiger partial charge in [0.05, 0.1) is 5.41 Å². The zero-order valence-corrected chi connectivity index (χ0v) is 39.4. The maximum Gasteiger partial charge on any atom is 0.0713 e. The highest BCUT2D eigenvalue weighted by atomic mass is 15.1. The maximum absolute atomic E-state index is 4.19. The molecule has 69 heavy (non-hydrogen) atoms. The summed E-state index contributed by atoms with van der Waals surface area (Å²) in [6.07, 6.45) is 8.50. The molecule has 0 N–H and O–H groups in total. The van der Waals surface area contributed by atoms with Gasteiger partial charge in [0.2, 0.25) is 0 Å². The van der Waals surface area contributed by atoms with E-state index in [0.29, 0.717) is 0 Å². The Bertz CT molecular complexity index is 3600. The van der Waals surface area contributed by atoms with E-state index in [1.165, 1.54) is 98.7 Å². The minimum atomic E-state index is -0.536. The second-order valence-electron chi connectivity index (χ2n) is 17.6. The van der Waals surface area contributed by atoms with Gasteiger partial charge < -0.3 is 4.90 Å². The van der Waals surface area contributed by atoms with Crippen LogP contribution >= 0.6 is 0 Å². The van der Waals surface area contributed by atoms with Gasteiger partial charge in [-0.2, -0.15) is 0 Å². The summed E-state index contributed by atoms with van der Waals surface area (Å²) in [5.41, 5.74) is 14.9. The van der Waals surface area contributed by atoms with Gasteiger partial charge in [-0.3, -0.25) is 0 Å². The number of hydrogen-bond acceptors (Lipinski definition) is 1. The van der Waals surface area contributed by atoms with E-state index in [1.54, 1.807) is 0 Å². The number of fused-ring (bicyclic) bond motifs is 9. The lowest BCUT2D eigenvalue weighted by molar-refractivity contribution is 0.767. The highest BCUT2D eigenvalue weighted by molar-refractivity contribution is 6.15. The molecular weight excluding hydrogens is 831 g/mol. The van der Waals surface area contributed by atoms with E-state index >= 15 is 0 Å². The van der Waals surface area contributed by atoms with Crippen molar-refractivity contribution < 1.29 is 0 Å². The van der Waals surface area contributed by atoms with Crippen LogP contribution in [0.3, 0.4) is 0 Å². The first-order chi connectivity index (χ1) is 34.1. The predicted octanol–water partition coefficient (Wildman–Crippen LogP) is 19.1. The molecule has 11 aromatic carbocycles. The zero-order valence-electron chi connectivity index (χ0n) is 39.4. The summed E-state index contributed by atoms with van der Waals surface area (Å²) in [6.45, 7) is 10.3. The first-order valence-corrected chi connectivity index (χ1v) is 24.2. The van der Waals surface area contributed by atoms with Crippen LogP contribution in [0.4, 0.5) is 17.1 Å². The standard InChI is InChI=1S/C66H47N.C2H6/c1-3-18-49(19-4-2)66(50-22-6-5-7-23-50)64-31-17-16-30-60(64)63-44-53(40-41-65(63)66)67(51-36-32-45(33-37-51)61-42-47-20-8-10-24-54(47)56-26-12-14-28-58(56)61)52-38-34-46(35-39-52)62-43-48-21-9-11-25-55(48)57-27-13-15-29-59(57)62;1-2/h3-44H,1H2,2H3;1-2H3/b19-4-,49-18+;. The summed E-state index contributed by atoms with van der Waals surface area (Å²) >= 11 is 0. The van der Waals surface area contributed by atoms with Crippen LogP contribution in [-0.2, 0) is 5.41 Å². The van der Waals surface area contributed by atoms with Gasteiger partial charge in [-0.15, -0.1) is 0 Å². The van der Waals surface area contributed by atoms with Crippen molar-refractivity contribution in [3.05, 3.63) is 284 Å². The first kappa shape index (κ1) is 43.1. The summed E-state index contributed by atoms with van der Waals surface area (Å²) in [7, 11) is 0. The molecule has 1 unspecified atom stereocenters. The van der Waals surface area contributed by atoms with Crippen LogP contribution in [0.25, 0.3) is 76.5 Å². The van der Waals surface area contributed by atoms with Crippen molar-refractivity contribution >= 4 is 60.2 Å². The van der Waals surface area contributed by atoms with Crippen LogP contribution in [0.1, 0.15) is 37.5 Å². The minimum Gasteiger partial charge on any atom is -0.310 e. The molecule has 11 aromatic rings. The Hall–Kier alpha value is -8.52. The number of benzene rings is 11. The van der Waals surface area contributed by atoms with Crippen LogP contribution < -0.4 is 4.90 Å². The van der Waals surface area contributed by atoms with E-state index in [1.807, 2.05) is 19.9 Å². The van der Waals surface area contributed by atoms with E-state index in [4.69, 9.17) is 0 Å². The van der Waals surface area contributed by atoms with Crippen molar-refractivity contribution in [1.82, 2.24) is 0 Å². The highest BCUT2D eigenvalue weighted by Gasteiger charge is 2.46. The fraction of sp³-hybridized carbons (Fsp3) is 0.0588. The molecule has 0 saturated heterocycles. The molecule has 0 spiro atoms. The van der Waals surface area contributed by atoms with Gasteiger partial charge in [0, 0.05) is 17.1 Å². The van der Waals surface area contributed by atoms with Crippen molar-refractivity contribution in [2.75, 3.05) is 4.90 Å². The molecule has 0 aromatic heterocycles. The van der Waals surface area contributed by atoms with Crippen LogP contribution in [0.2, 0.25) is 0 Å². The predicted molar refractivity (Wildman–Crippen MR) is 298 cm³/mol. The Labute approximate surface area is 406 Å². The van der Waals surface area contributed by atoms with Crippen molar-refractivity contribution in [2.24, 2.45) is 0 Å². The van der Waals surface area contributed by atoms with Gasteiger partial charge in [0.15, 0.2) is 0 Å². The lowest BCUT2D eigenvalue weighted by Gasteiger charge is -2.35. The van der Waals surface area contributed by atoms with E-state index in [-0.39, 0.29) is 0 Å². The second kappa shape index (κ2) is 18.3. The maximum atomic E-state index is 4.19. The second-order valence-corrected chi connectivity index (χ2v) is 17.6. The summed E-state index contributed by atoms with van der Waals surface area (Å²) in [5.74, 6) is 0. The molecule has 1 aliphatic carbocycles. The monoisotopic (exact) mass is 883 g/mol. The Morgan fingerprint density at radius 2 is 0.855 bits per heavy atom. The molecular formula is C68H53N. The SMILES string of the molecule is C=C/C=C(\C=C/C)C1(c2ccccc2)c2ccccc2-c2cc(N(c3ccc(-c4cc5ccccc5c5ccccc45)cc3)c3ccc(-c4cc5ccccc5c5ccccc45)cc3)ccc21.CC. The van der Waals surface area contributed by atoms with Gasteiger partial charge in [0.1, 0.15) is 0 Å². The van der Waals surface area contributed by atoms with Crippen LogP contribution in [0.5, 0.6) is 0 Å². The first-order valence-electron chi connectivity index (χ1n) is 24.2. The van der Waals surface area contributed by atoms with Crippen LogP contribution in [0, 0.1) is 0 Å². The third-order valence-corrected chi connectivity index (χ3v) is 14.0. The Morgan fingerprint density at radius 1 is 0.406 bits per heavy atom. The fourth-order valence-electron chi connectivity index (χ4n) is 11.1. The zero-order chi connectivity index (χ0) is 46.9. The quantitative estimate of drug-likeness (QED) is 0.103. The molecule has 0 saturated carbocycles. The van der Waals surface area contributed by atoms with Crippen molar-refractivity contribution in [1.29, 1.82) is 0 Å². The normalized spacial score (nSPS) is 14.2. The summed E-state index contributed by atoms with van der Waals surface area (Å²) in [4.78, 5) is 2.42. The number of allylic oxidation sites excluding steroid dienone is 5. The van der Waals surface area contributed by atoms with E-state index in [0.717, 1.165) is 17.1 Å². The van der Waals surface area contributed by atoms with E-state index < -0.39 is 5.41 Å². The number of anilines is 3. The topological polar surface area (TPSA) is 3.24 Å². The third kappa shape index (κ3) is 7.18. The third-order valence-electron chi connectivity index (χ3n) is 14.0. The molecule has 0 bridgehead atoms. The molecule has 0 radical (unpaired) electrons. The van der Waals surface area contributed by atoms with Gasteiger partial charge in [-0.25, -0.2) is 0 Å². The Kier molecular flexibility index (Phi) is 11.4. The molecule has 330 valence electrons. The minimum absolute atomic E-state index is 0.536. The Morgan fingerprint density at radius 3 is 1.39 bits per heavy atom. The van der Waals surface area contributed by atoms with Crippen molar-refractivity contribution in [2.45, 2.75) is 26.2 Å². The number of nitrogens with zero attached hydrogens (tertiary/aromatic N) is 1. The van der Waals surface area contributed by atoms with Crippen molar-refractivity contribution in [3.63, 3.8) is 0 Å². The van der Waals surface area contributed by atoms with E-state index in [9.17, 15) is 0 Å². The highest BCUT2D eigenvalue weighted by Crippen LogP contribution is 2.58. The number of rotatable bonds is 9. The average Bonchev–Trinajstić information content (AvgIpc) is 3.72. The largest absolute Gasteiger partial charge is 0.310 e. The fourth-order valence-corrected chi connectivity index (χ4v) is 11.1. The molecule has 1 aliphatic rings. The molecule has 1 nitrogen and oxygen atoms in total. The average molecular weight is 884 g/mol. The van der Waals surface area contributed by atoms with Crippen molar-refractivity contribution in [3.8, 4) is 33.4 Å². The van der Waals surface area contributed by atoms with Crippen LogP contribution in [-0.4, -0.2) is 0 Å². The van der Waals surface area contributed by atoms with Gasteiger partial charge in [0.25, 0.3) is 0 Å². The molecule has 12 rings (SSSR count). The number of hydrogen-bond donors (Lipinski definition) is 0. The van der Waals surface area contributed by atoms with Gasteiger partial charge >= 0.3 is 0 Å². The molecule has 0 fully saturated rings. The van der Waals surface area contributed by atoms with Gasteiger partial charge in [-0.05, 0) is 154 Å². The lowest BCUT2D eigenvalue weighted by atomic mass is 9.67. The van der Waals surface area contributed by atoms with E-state index in [2.05, 4.69) is 267 Å². The van der Waals surface area contributed by atoms with Gasteiger partial charge in [-0.1, -0.05) is 227 Å². The van der Waals surface area contributed by atoms with Crippen LogP contribution in [0.15, 0.2) is 267 Å². The Balaban J connectivity index is 0.00000257. The molecule has 0 aliphatic heterocycles.